The number of benzene rings is 1. The van der Waals surface area contributed by atoms with Gasteiger partial charge in [0.25, 0.3) is 5.69 Å². The number of nitrogens with one attached hydrogen (secondary N) is 1. The number of carbonyl (C=O) groups is 3. The van der Waals surface area contributed by atoms with Crippen LogP contribution in [0.15, 0.2) is 36.0 Å². The van der Waals surface area contributed by atoms with E-state index in [-0.39, 0.29) is 23.6 Å². The number of nitrogens with zero attached hydrogens (tertiary/aromatic N) is 1. The number of rotatable bonds is 9. The molecule has 1 unspecified atom stereocenters. The van der Waals surface area contributed by atoms with Gasteiger partial charge in [-0.25, -0.2) is 9.59 Å². The van der Waals surface area contributed by atoms with Crippen molar-refractivity contribution in [2.45, 2.75) is 25.8 Å². The second kappa shape index (κ2) is 9.92. The fourth-order valence-corrected chi connectivity index (χ4v) is 2.23. The van der Waals surface area contributed by atoms with Crippen LogP contribution in [0.5, 0.6) is 0 Å². The van der Waals surface area contributed by atoms with E-state index in [1.165, 1.54) is 19.1 Å². The van der Waals surface area contributed by atoms with Gasteiger partial charge in [-0.1, -0.05) is 12.1 Å². The monoisotopic (exact) mass is 364 g/mol. The number of hydrogen-bond acceptors (Lipinski definition) is 8. The quantitative estimate of drug-likeness (QED) is 0.301. The zero-order valence-corrected chi connectivity index (χ0v) is 14.7. The fourth-order valence-electron chi connectivity index (χ4n) is 2.23. The molecule has 0 saturated heterocycles. The van der Waals surface area contributed by atoms with Gasteiger partial charge in [-0.2, -0.15) is 0 Å². The molecule has 0 saturated carbocycles. The molecular weight excluding hydrogens is 344 g/mol. The van der Waals surface area contributed by atoms with Gasteiger partial charge in [-0.3, -0.25) is 14.9 Å². The third-order valence-corrected chi connectivity index (χ3v) is 3.39. The van der Waals surface area contributed by atoms with E-state index in [1.54, 1.807) is 12.1 Å². The highest BCUT2D eigenvalue weighted by atomic mass is 16.6. The molecule has 1 rings (SSSR count). The molecule has 1 aromatic rings. The first-order valence-electron chi connectivity index (χ1n) is 7.64. The zero-order chi connectivity index (χ0) is 19.7. The van der Waals surface area contributed by atoms with Gasteiger partial charge in [-0.15, -0.1) is 0 Å². The van der Waals surface area contributed by atoms with Crippen LogP contribution in [-0.4, -0.2) is 42.9 Å². The topological polar surface area (TPSA) is 125 Å². The lowest BCUT2D eigenvalue weighted by atomic mass is 10.0. The lowest BCUT2D eigenvalue weighted by Gasteiger charge is -2.20. The molecule has 0 bridgehead atoms. The number of ketones is 1. The van der Waals surface area contributed by atoms with Gasteiger partial charge in [-0.05, 0) is 18.9 Å². The number of nitro groups is 1. The summed E-state index contributed by atoms with van der Waals surface area (Å²) in [6, 6.07) is 5.31. The van der Waals surface area contributed by atoms with E-state index >= 15 is 0 Å². The van der Waals surface area contributed by atoms with E-state index in [9.17, 15) is 24.5 Å². The molecule has 0 amide bonds. The summed E-state index contributed by atoms with van der Waals surface area (Å²) in [5.74, 6) is -1.67. The Kier molecular flexibility index (Phi) is 7.94. The Morgan fingerprint density at radius 2 is 1.81 bits per heavy atom. The number of carbonyl (C=O) groups excluding carboxylic acids is 3. The summed E-state index contributed by atoms with van der Waals surface area (Å²) < 4.78 is 9.12. The summed E-state index contributed by atoms with van der Waals surface area (Å²) >= 11 is 0. The molecule has 9 heteroatoms. The van der Waals surface area contributed by atoms with Crippen molar-refractivity contribution < 1.29 is 28.8 Å². The summed E-state index contributed by atoms with van der Waals surface area (Å²) in [5, 5.41) is 13.5. The molecule has 0 aromatic heterocycles. The molecule has 1 aromatic carbocycles. The van der Waals surface area contributed by atoms with Crippen molar-refractivity contribution in [3.8, 4) is 0 Å². The maximum Gasteiger partial charge on any atom is 0.354 e. The Bertz CT molecular complexity index is 710. The molecule has 0 aliphatic rings. The summed E-state index contributed by atoms with van der Waals surface area (Å²) in [4.78, 5) is 45.0. The third kappa shape index (κ3) is 6.71. The van der Waals surface area contributed by atoms with E-state index in [0.717, 1.165) is 25.9 Å². The smallest absolute Gasteiger partial charge is 0.354 e. The van der Waals surface area contributed by atoms with Gasteiger partial charge in [0.15, 0.2) is 0 Å². The van der Waals surface area contributed by atoms with Crippen molar-refractivity contribution in [2.75, 3.05) is 14.2 Å². The second-order valence-corrected chi connectivity index (χ2v) is 5.45. The highest BCUT2D eigenvalue weighted by molar-refractivity contribution is 5.95. The predicted molar refractivity (Wildman–Crippen MR) is 91.1 cm³/mol. The van der Waals surface area contributed by atoms with E-state index < -0.39 is 22.9 Å². The minimum absolute atomic E-state index is 0.0503. The van der Waals surface area contributed by atoms with Crippen molar-refractivity contribution in [1.29, 1.82) is 0 Å². The maximum absolute atomic E-state index is 11.8. The lowest BCUT2D eigenvalue weighted by molar-refractivity contribution is -0.384. The first-order chi connectivity index (χ1) is 12.3. The molecule has 0 spiro atoms. The Balaban J connectivity index is 3.01. The van der Waals surface area contributed by atoms with Crippen LogP contribution in [0.25, 0.3) is 0 Å². The molecule has 26 heavy (non-hydrogen) atoms. The lowest BCUT2D eigenvalue weighted by Crippen LogP contribution is -2.36. The number of non-ortho nitro benzene ring substituents is 1. The molecule has 0 aliphatic heterocycles. The minimum atomic E-state index is -0.785. The average molecular weight is 364 g/mol. The minimum Gasteiger partial charge on any atom is -0.466 e. The Labute approximate surface area is 150 Å². The van der Waals surface area contributed by atoms with Crippen molar-refractivity contribution >= 4 is 23.4 Å². The second-order valence-electron chi connectivity index (χ2n) is 5.45. The van der Waals surface area contributed by atoms with Crippen molar-refractivity contribution in [3.05, 3.63) is 51.7 Å². The van der Waals surface area contributed by atoms with Gasteiger partial charge in [0.2, 0.25) is 0 Å². The van der Waals surface area contributed by atoms with Crippen LogP contribution in [0, 0.1) is 10.1 Å². The predicted octanol–water partition coefficient (Wildman–Crippen LogP) is 1.30. The van der Waals surface area contributed by atoms with Crippen LogP contribution in [0.2, 0.25) is 0 Å². The third-order valence-electron chi connectivity index (χ3n) is 3.39. The molecular formula is C17H20N2O7. The summed E-state index contributed by atoms with van der Waals surface area (Å²) in [5.41, 5.74) is 0.523. The van der Waals surface area contributed by atoms with E-state index in [2.05, 4.69) is 14.8 Å². The highest BCUT2D eigenvalue weighted by Gasteiger charge is 2.19. The van der Waals surface area contributed by atoms with E-state index in [4.69, 9.17) is 0 Å². The fraction of sp³-hybridized carbons (Fsp3) is 0.353. The molecule has 0 heterocycles. The van der Waals surface area contributed by atoms with Gasteiger partial charge >= 0.3 is 11.9 Å². The van der Waals surface area contributed by atoms with E-state index in [1.807, 2.05) is 0 Å². The van der Waals surface area contributed by atoms with Crippen LogP contribution in [-0.2, 0) is 30.3 Å². The summed E-state index contributed by atoms with van der Waals surface area (Å²) in [6.07, 6.45) is 1.31. The Morgan fingerprint density at radius 3 is 2.27 bits per heavy atom. The van der Waals surface area contributed by atoms with Crippen LogP contribution in [0.1, 0.15) is 18.9 Å². The zero-order valence-electron chi connectivity index (χ0n) is 14.7. The first-order valence-corrected chi connectivity index (χ1v) is 7.64. The Hall–Kier alpha value is -3.23. The number of methoxy groups -OCH3 is 2. The van der Waals surface area contributed by atoms with Gasteiger partial charge in [0, 0.05) is 24.6 Å². The molecule has 9 nitrogen and oxygen atoms in total. The first kappa shape index (κ1) is 20.8. The van der Waals surface area contributed by atoms with Crippen molar-refractivity contribution in [3.63, 3.8) is 0 Å². The standard InChI is InChI=1S/C17H20N2O7/c1-11(20)8-13(9-12-4-6-14(7-5-12)19(23)24)18-15(17(22)26-3)10-16(21)25-2/h4-7,10,13,18H,8-9H2,1-3H3/b15-10-. The number of nitro benzene ring substituents is 1. The molecule has 1 N–H and O–H groups in total. The highest BCUT2D eigenvalue weighted by Crippen LogP contribution is 2.15. The van der Waals surface area contributed by atoms with Gasteiger partial charge < -0.3 is 14.8 Å². The normalized spacial score (nSPS) is 12.0. The van der Waals surface area contributed by atoms with Crippen LogP contribution in [0.4, 0.5) is 5.69 Å². The average Bonchev–Trinajstić information content (AvgIpc) is 2.60. The maximum atomic E-state index is 11.8. The molecule has 0 fully saturated rings. The van der Waals surface area contributed by atoms with Gasteiger partial charge in [0.05, 0.1) is 25.2 Å². The van der Waals surface area contributed by atoms with Crippen LogP contribution >= 0.6 is 0 Å². The molecule has 140 valence electrons. The Morgan fingerprint density at radius 1 is 1.19 bits per heavy atom. The number of hydrogen-bond donors (Lipinski definition) is 1. The molecule has 1 atom stereocenters. The van der Waals surface area contributed by atoms with Crippen LogP contribution < -0.4 is 5.32 Å². The SMILES string of the molecule is COC(=O)/C=C(\NC(CC(C)=O)Cc1ccc([N+](=O)[O-])cc1)C(=O)OC. The van der Waals surface area contributed by atoms with E-state index in [0.29, 0.717) is 6.42 Å². The van der Waals surface area contributed by atoms with Gasteiger partial charge in [0.1, 0.15) is 11.5 Å². The number of ether oxygens (including phenoxy) is 2. The largest absolute Gasteiger partial charge is 0.466 e. The molecule has 0 radical (unpaired) electrons. The summed E-state index contributed by atoms with van der Waals surface area (Å²) in [6.45, 7) is 1.40. The van der Waals surface area contributed by atoms with Crippen LogP contribution in [0.3, 0.4) is 0 Å². The summed E-state index contributed by atoms with van der Waals surface area (Å²) in [7, 11) is 2.32. The number of esters is 2. The van der Waals surface area contributed by atoms with Crippen molar-refractivity contribution in [2.24, 2.45) is 0 Å². The number of Topliss-reactive ketones (excluding diaryl/α,β-unsaturated/α-hetero) is 1. The van der Waals surface area contributed by atoms with Crippen molar-refractivity contribution in [1.82, 2.24) is 5.32 Å². The molecule has 0 aliphatic carbocycles.